The lowest BCUT2D eigenvalue weighted by Crippen LogP contribution is -2.09. The van der Waals surface area contributed by atoms with Crippen molar-refractivity contribution in [3.63, 3.8) is 0 Å². The van der Waals surface area contributed by atoms with Crippen molar-refractivity contribution in [2.24, 2.45) is 0 Å². The topological polar surface area (TPSA) is 78.6 Å². The van der Waals surface area contributed by atoms with E-state index in [1.807, 2.05) is 43.3 Å². The number of nitrogen functional groups attached to an aromatic ring is 1. The molecular formula is C15H17N3O2. The van der Waals surface area contributed by atoms with Crippen LogP contribution in [0.1, 0.15) is 10.4 Å². The van der Waals surface area contributed by atoms with E-state index in [0.29, 0.717) is 5.69 Å². The van der Waals surface area contributed by atoms with Gasteiger partial charge < -0.3 is 21.1 Å². The first-order chi connectivity index (χ1) is 9.49. The number of nitrogens with zero attached hydrogens (tertiary/aromatic N) is 1. The molecule has 0 aliphatic carbocycles. The van der Waals surface area contributed by atoms with Crippen molar-refractivity contribution in [3.8, 4) is 0 Å². The molecule has 0 aromatic heterocycles. The van der Waals surface area contributed by atoms with Crippen molar-refractivity contribution in [2.75, 3.05) is 30.0 Å². The summed E-state index contributed by atoms with van der Waals surface area (Å²) in [6, 6.07) is 12.7. The Balaban J connectivity index is 2.33. The number of para-hydroxylation sites is 1. The second kappa shape index (κ2) is 5.52. The fourth-order valence-corrected chi connectivity index (χ4v) is 1.88. The monoisotopic (exact) mass is 271 g/mol. The Morgan fingerprint density at radius 2 is 1.90 bits per heavy atom. The van der Waals surface area contributed by atoms with Gasteiger partial charge in [0.05, 0.1) is 16.9 Å². The normalized spacial score (nSPS) is 10.1. The molecule has 0 unspecified atom stereocenters. The number of rotatable bonds is 4. The Morgan fingerprint density at radius 1 is 1.20 bits per heavy atom. The zero-order valence-electron chi connectivity index (χ0n) is 11.4. The smallest absolute Gasteiger partial charge is 0.337 e. The average molecular weight is 271 g/mol. The van der Waals surface area contributed by atoms with Crippen LogP contribution in [-0.2, 0) is 0 Å². The molecule has 5 nitrogen and oxygen atoms in total. The molecule has 0 radical (unpaired) electrons. The van der Waals surface area contributed by atoms with Crippen molar-refractivity contribution in [3.05, 3.63) is 48.0 Å². The highest BCUT2D eigenvalue weighted by Gasteiger charge is 2.11. The van der Waals surface area contributed by atoms with Crippen LogP contribution in [0.4, 0.5) is 22.7 Å². The average Bonchev–Trinajstić information content (AvgIpc) is 2.41. The summed E-state index contributed by atoms with van der Waals surface area (Å²) in [6.45, 7) is 0. The molecule has 0 saturated carbocycles. The minimum Gasteiger partial charge on any atom is -0.478 e. The van der Waals surface area contributed by atoms with Gasteiger partial charge in [0.2, 0.25) is 0 Å². The molecule has 0 heterocycles. The maximum absolute atomic E-state index is 11.1. The summed E-state index contributed by atoms with van der Waals surface area (Å²) in [5.74, 6) is -1.03. The standard InChI is InChI=1S/C15H17N3O2/c1-18(2)11-6-3-5-10(9-11)17-13-8-4-7-12(14(13)16)15(19)20/h3-9,17H,16H2,1-2H3,(H,19,20). The van der Waals surface area contributed by atoms with Crippen LogP contribution >= 0.6 is 0 Å². The molecule has 2 rings (SSSR count). The summed E-state index contributed by atoms with van der Waals surface area (Å²) in [5.41, 5.74) is 8.68. The highest BCUT2D eigenvalue weighted by molar-refractivity contribution is 5.97. The fourth-order valence-electron chi connectivity index (χ4n) is 1.88. The van der Waals surface area contributed by atoms with E-state index in [1.165, 1.54) is 6.07 Å². The van der Waals surface area contributed by atoms with E-state index in [2.05, 4.69) is 5.32 Å². The quantitative estimate of drug-likeness (QED) is 0.745. The first-order valence-corrected chi connectivity index (χ1v) is 6.15. The number of carboxylic acid groups (broad SMARTS) is 1. The van der Waals surface area contributed by atoms with Gasteiger partial charge in [0.1, 0.15) is 0 Å². The molecule has 4 N–H and O–H groups in total. The van der Waals surface area contributed by atoms with E-state index in [0.717, 1.165) is 11.4 Å². The Labute approximate surface area is 117 Å². The Hall–Kier alpha value is -2.69. The molecule has 0 atom stereocenters. The molecule has 0 amide bonds. The first-order valence-electron chi connectivity index (χ1n) is 6.15. The van der Waals surface area contributed by atoms with Gasteiger partial charge in [0.15, 0.2) is 0 Å². The Morgan fingerprint density at radius 3 is 2.55 bits per heavy atom. The lowest BCUT2D eigenvalue weighted by atomic mass is 10.1. The van der Waals surface area contributed by atoms with Gasteiger partial charge in [-0.1, -0.05) is 12.1 Å². The number of aromatic carboxylic acids is 1. The number of nitrogens with two attached hydrogens (primary N) is 1. The van der Waals surface area contributed by atoms with E-state index in [-0.39, 0.29) is 11.3 Å². The van der Waals surface area contributed by atoms with Crippen molar-refractivity contribution in [1.82, 2.24) is 0 Å². The van der Waals surface area contributed by atoms with Crippen LogP contribution in [0.5, 0.6) is 0 Å². The number of carbonyl (C=O) groups is 1. The molecule has 0 saturated heterocycles. The fraction of sp³-hybridized carbons (Fsp3) is 0.133. The van der Waals surface area contributed by atoms with Gasteiger partial charge in [-0.25, -0.2) is 4.79 Å². The van der Waals surface area contributed by atoms with Gasteiger partial charge in [-0.15, -0.1) is 0 Å². The van der Waals surface area contributed by atoms with E-state index < -0.39 is 5.97 Å². The van der Waals surface area contributed by atoms with E-state index in [1.54, 1.807) is 12.1 Å². The number of carboxylic acids is 1. The van der Waals surface area contributed by atoms with Gasteiger partial charge in [-0.05, 0) is 30.3 Å². The predicted molar refractivity (Wildman–Crippen MR) is 81.9 cm³/mol. The third kappa shape index (κ3) is 2.83. The molecule has 0 bridgehead atoms. The zero-order valence-corrected chi connectivity index (χ0v) is 11.4. The van der Waals surface area contributed by atoms with Crippen LogP contribution in [0.25, 0.3) is 0 Å². The van der Waals surface area contributed by atoms with Crippen molar-refractivity contribution >= 4 is 28.7 Å². The first kappa shape index (κ1) is 13.7. The van der Waals surface area contributed by atoms with Gasteiger partial charge >= 0.3 is 5.97 Å². The summed E-state index contributed by atoms with van der Waals surface area (Å²) in [7, 11) is 3.91. The third-order valence-electron chi connectivity index (χ3n) is 2.98. The van der Waals surface area contributed by atoms with E-state index >= 15 is 0 Å². The second-order valence-corrected chi connectivity index (χ2v) is 4.64. The SMILES string of the molecule is CN(C)c1cccc(Nc2cccc(C(=O)O)c2N)c1. The van der Waals surface area contributed by atoms with Crippen molar-refractivity contribution in [1.29, 1.82) is 0 Å². The predicted octanol–water partition coefficient (Wildman–Crippen LogP) is 2.78. The molecular weight excluding hydrogens is 254 g/mol. The summed E-state index contributed by atoms with van der Waals surface area (Å²) in [5, 5.41) is 12.2. The van der Waals surface area contributed by atoms with E-state index in [4.69, 9.17) is 10.8 Å². The van der Waals surface area contributed by atoms with Crippen molar-refractivity contribution < 1.29 is 9.90 Å². The lowest BCUT2D eigenvalue weighted by Gasteiger charge is -2.15. The lowest BCUT2D eigenvalue weighted by molar-refractivity contribution is 0.0698. The van der Waals surface area contributed by atoms with Crippen LogP contribution in [-0.4, -0.2) is 25.2 Å². The van der Waals surface area contributed by atoms with Crippen molar-refractivity contribution in [2.45, 2.75) is 0 Å². The van der Waals surface area contributed by atoms with Crippen LogP contribution in [0.2, 0.25) is 0 Å². The molecule has 0 aliphatic heterocycles. The minimum absolute atomic E-state index is 0.0961. The number of hydrogen-bond donors (Lipinski definition) is 3. The Kier molecular flexibility index (Phi) is 3.79. The molecule has 0 aliphatic rings. The highest BCUT2D eigenvalue weighted by atomic mass is 16.4. The van der Waals surface area contributed by atoms with Crippen LogP contribution < -0.4 is 16.0 Å². The minimum atomic E-state index is -1.03. The summed E-state index contributed by atoms with van der Waals surface area (Å²) in [6.07, 6.45) is 0. The second-order valence-electron chi connectivity index (χ2n) is 4.64. The summed E-state index contributed by atoms with van der Waals surface area (Å²) >= 11 is 0. The molecule has 2 aromatic carbocycles. The molecule has 20 heavy (non-hydrogen) atoms. The van der Waals surface area contributed by atoms with Crippen LogP contribution in [0, 0.1) is 0 Å². The highest BCUT2D eigenvalue weighted by Crippen LogP contribution is 2.27. The van der Waals surface area contributed by atoms with Gasteiger partial charge in [0, 0.05) is 25.5 Å². The maximum Gasteiger partial charge on any atom is 0.337 e. The summed E-state index contributed by atoms with van der Waals surface area (Å²) < 4.78 is 0. The van der Waals surface area contributed by atoms with Crippen LogP contribution in [0.15, 0.2) is 42.5 Å². The number of nitrogens with one attached hydrogen (secondary N) is 1. The maximum atomic E-state index is 11.1. The van der Waals surface area contributed by atoms with Gasteiger partial charge in [0.25, 0.3) is 0 Å². The zero-order chi connectivity index (χ0) is 14.7. The number of hydrogen-bond acceptors (Lipinski definition) is 4. The van der Waals surface area contributed by atoms with Gasteiger partial charge in [-0.2, -0.15) is 0 Å². The third-order valence-corrected chi connectivity index (χ3v) is 2.98. The molecule has 104 valence electrons. The van der Waals surface area contributed by atoms with Gasteiger partial charge in [-0.3, -0.25) is 0 Å². The molecule has 2 aromatic rings. The largest absolute Gasteiger partial charge is 0.478 e. The number of anilines is 4. The molecule has 0 fully saturated rings. The van der Waals surface area contributed by atoms with Crippen LogP contribution in [0.3, 0.4) is 0 Å². The summed E-state index contributed by atoms with van der Waals surface area (Å²) in [4.78, 5) is 13.0. The van der Waals surface area contributed by atoms with E-state index in [9.17, 15) is 4.79 Å². The molecule has 5 heteroatoms. The number of benzene rings is 2. The molecule has 0 spiro atoms. The Bertz CT molecular complexity index is 639.